The maximum Gasteiger partial charge on any atom is 0.206 e. The number of nitrogens with zero attached hydrogens (tertiary/aromatic N) is 3. The second kappa shape index (κ2) is 6.66. The molecule has 0 spiro atoms. The molecule has 0 aliphatic heterocycles. The number of thiazole rings is 1. The van der Waals surface area contributed by atoms with Crippen molar-refractivity contribution in [2.75, 3.05) is 0 Å². The fourth-order valence-electron chi connectivity index (χ4n) is 1.84. The van der Waals surface area contributed by atoms with Crippen LogP contribution >= 0.6 is 11.3 Å². The van der Waals surface area contributed by atoms with Crippen molar-refractivity contribution < 1.29 is 0 Å². The van der Waals surface area contributed by atoms with Gasteiger partial charge in [-0.3, -0.25) is 4.99 Å². The van der Waals surface area contributed by atoms with Gasteiger partial charge in [0.25, 0.3) is 0 Å². The number of hydrogen-bond donors (Lipinski definition) is 0. The third-order valence-electron chi connectivity index (χ3n) is 2.95. The molecular weight excluding hydrogens is 266 g/mol. The van der Waals surface area contributed by atoms with Crippen LogP contribution in [0, 0.1) is 6.92 Å². The van der Waals surface area contributed by atoms with E-state index < -0.39 is 0 Å². The Morgan fingerprint density at radius 1 is 1.15 bits per heavy atom. The first-order valence-corrected chi connectivity index (χ1v) is 7.76. The van der Waals surface area contributed by atoms with Crippen molar-refractivity contribution in [1.29, 1.82) is 0 Å². The Bertz CT molecular complexity index is 635. The van der Waals surface area contributed by atoms with Gasteiger partial charge in [-0.1, -0.05) is 37.3 Å². The predicted octanol–water partition coefficient (Wildman–Crippen LogP) is 3.80. The molecule has 1 unspecified atom stereocenters. The zero-order valence-corrected chi connectivity index (χ0v) is 13.3. The van der Waals surface area contributed by atoms with Crippen LogP contribution in [-0.4, -0.2) is 16.9 Å². The molecule has 0 saturated heterocycles. The molecule has 2 rings (SSSR count). The van der Waals surface area contributed by atoms with E-state index >= 15 is 0 Å². The quantitative estimate of drug-likeness (QED) is 0.766. The summed E-state index contributed by atoms with van der Waals surface area (Å²) in [6.45, 7) is 8.37. The van der Waals surface area contributed by atoms with Gasteiger partial charge in [-0.15, -0.1) is 11.3 Å². The average molecular weight is 287 g/mol. The molecule has 0 fully saturated rings. The Balaban J connectivity index is 2.26. The normalized spacial score (nSPS) is 14.3. The number of rotatable bonds is 4. The minimum atomic E-state index is 0.279. The molecule has 1 aromatic carbocycles. The van der Waals surface area contributed by atoms with Crippen LogP contribution in [0.15, 0.2) is 45.8 Å². The molecule has 0 saturated carbocycles. The summed E-state index contributed by atoms with van der Waals surface area (Å²) in [7, 11) is 0. The standard InChI is InChI=1S/C16H21N3S/c1-12(2)18-16-19(14(4)11-20-16)17-10-13(3)15-8-6-5-7-9-15/h5-13H,1-4H3. The van der Waals surface area contributed by atoms with Crippen LogP contribution in [0.2, 0.25) is 0 Å². The highest BCUT2D eigenvalue weighted by atomic mass is 32.1. The van der Waals surface area contributed by atoms with Crippen LogP contribution in [-0.2, 0) is 0 Å². The van der Waals surface area contributed by atoms with Gasteiger partial charge in [-0.25, -0.2) is 4.68 Å². The van der Waals surface area contributed by atoms with Crippen molar-refractivity contribution in [3.63, 3.8) is 0 Å². The zero-order valence-electron chi connectivity index (χ0n) is 12.4. The van der Waals surface area contributed by atoms with Crippen LogP contribution in [0.4, 0.5) is 0 Å². The predicted molar refractivity (Wildman–Crippen MR) is 86.5 cm³/mol. The summed E-state index contributed by atoms with van der Waals surface area (Å²) < 4.78 is 1.92. The summed E-state index contributed by atoms with van der Waals surface area (Å²) in [6.07, 6.45) is 1.98. The fraction of sp³-hybridized carbons (Fsp3) is 0.375. The monoisotopic (exact) mass is 287 g/mol. The Hall–Kier alpha value is -1.68. The SMILES string of the molecule is Cc1csc(=NC(C)C)n1N=CC(C)c1ccccc1. The fourth-order valence-corrected chi connectivity index (χ4v) is 2.78. The summed E-state index contributed by atoms with van der Waals surface area (Å²) in [5.41, 5.74) is 2.39. The van der Waals surface area contributed by atoms with E-state index in [1.54, 1.807) is 11.3 Å². The summed E-state index contributed by atoms with van der Waals surface area (Å²) in [6, 6.07) is 10.7. The van der Waals surface area contributed by atoms with E-state index in [0.717, 1.165) is 10.5 Å². The first-order chi connectivity index (χ1) is 9.58. The third-order valence-corrected chi connectivity index (χ3v) is 3.90. The number of aryl methyl sites for hydroxylation is 1. The Kier molecular flexibility index (Phi) is 4.90. The summed E-state index contributed by atoms with van der Waals surface area (Å²) >= 11 is 1.63. The molecular formula is C16H21N3S. The molecule has 2 aromatic rings. The lowest BCUT2D eigenvalue weighted by atomic mass is 10.0. The third kappa shape index (κ3) is 3.67. The highest BCUT2D eigenvalue weighted by Gasteiger charge is 2.03. The lowest BCUT2D eigenvalue weighted by Gasteiger charge is -2.06. The van der Waals surface area contributed by atoms with E-state index in [2.05, 4.69) is 67.4 Å². The molecule has 1 heterocycles. The van der Waals surface area contributed by atoms with Crippen LogP contribution in [0.25, 0.3) is 0 Å². The van der Waals surface area contributed by atoms with Gasteiger partial charge in [-0.05, 0) is 26.3 Å². The van der Waals surface area contributed by atoms with E-state index in [1.165, 1.54) is 5.56 Å². The Morgan fingerprint density at radius 2 is 1.85 bits per heavy atom. The Morgan fingerprint density at radius 3 is 2.50 bits per heavy atom. The number of aromatic nitrogens is 1. The molecule has 106 valence electrons. The molecule has 0 N–H and O–H groups in total. The summed E-state index contributed by atoms with van der Waals surface area (Å²) in [4.78, 5) is 5.55. The first kappa shape index (κ1) is 14.7. The van der Waals surface area contributed by atoms with Crippen molar-refractivity contribution in [2.45, 2.75) is 39.7 Å². The largest absolute Gasteiger partial charge is 0.255 e. The Labute approximate surface area is 124 Å². The zero-order chi connectivity index (χ0) is 14.5. The molecule has 0 aliphatic carbocycles. The topological polar surface area (TPSA) is 29.6 Å². The van der Waals surface area contributed by atoms with E-state index in [1.807, 2.05) is 17.0 Å². The molecule has 0 radical (unpaired) electrons. The molecule has 20 heavy (non-hydrogen) atoms. The van der Waals surface area contributed by atoms with Gasteiger partial charge in [-0.2, -0.15) is 5.10 Å². The van der Waals surface area contributed by atoms with E-state index in [9.17, 15) is 0 Å². The van der Waals surface area contributed by atoms with Crippen molar-refractivity contribution >= 4 is 17.6 Å². The summed E-state index contributed by atoms with van der Waals surface area (Å²) in [5, 5.41) is 6.69. The van der Waals surface area contributed by atoms with Crippen molar-refractivity contribution in [2.24, 2.45) is 10.1 Å². The lowest BCUT2D eigenvalue weighted by molar-refractivity contribution is 0.734. The first-order valence-electron chi connectivity index (χ1n) is 6.88. The highest BCUT2D eigenvalue weighted by Crippen LogP contribution is 2.12. The van der Waals surface area contributed by atoms with Gasteiger partial charge < -0.3 is 0 Å². The lowest BCUT2D eigenvalue weighted by Crippen LogP contribution is -2.15. The van der Waals surface area contributed by atoms with Gasteiger partial charge in [0.2, 0.25) is 4.80 Å². The minimum absolute atomic E-state index is 0.279. The van der Waals surface area contributed by atoms with E-state index in [4.69, 9.17) is 0 Å². The van der Waals surface area contributed by atoms with Crippen LogP contribution in [0.5, 0.6) is 0 Å². The second-order valence-electron chi connectivity index (χ2n) is 5.16. The van der Waals surface area contributed by atoms with Gasteiger partial charge >= 0.3 is 0 Å². The van der Waals surface area contributed by atoms with Crippen molar-refractivity contribution in [3.8, 4) is 0 Å². The molecule has 1 atom stereocenters. The van der Waals surface area contributed by atoms with E-state index in [0.29, 0.717) is 0 Å². The van der Waals surface area contributed by atoms with Gasteiger partial charge in [0.1, 0.15) is 0 Å². The molecule has 4 heteroatoms. The maximum absolute atomic E-state index is 4.60. The molecule has 0 amide bonds. The van der Waals surface area contributed by atoms with Crippen LogP contribution in [0.1, 0.15) is 37.9 Å². The van der Waals surface area contributed by atoms with Gasteiger partial charge in [0, 0.05) is 23.6 Å². The van der Waals surface area contributed by atoms with Gasteiger partial charge in [0.05, 0.1) is 5.69 Å². The average Bonchev–Trinajstić information content (AvgIpc) is 2.77. The number of hydrogen-bond acceptors (Lipinski definition) is 3. The highest BCUT2D eigenvalue weighted by molar-refractivity contribution is 7.07. The second-order valence-corrected chi connectivity index (χ2v) is 5.99. The molecule has 0 aliphatic rings. The molecule has 1 aromatic heterocycles. The van der Waals surface area contributed by atoms with Crippen molar-refractivity contribution in [1.82, 2.24) is 4.68 Å². The maximum atomic E-state index is 4.60. The molecule has 3 nitrogen and oxygen atoms in total. The van der Waals surface area contributed by atoms with Crippen LogP contribution < -0.4 is 4.80 Å². The minimum Gasteiger partial charge on any atom is -0.255 e. The van der Waals surface area contributed by atoms with Crippen LogP contribution in [0.3, 0.4) is 0 Å². The van der Waals surface area contributed by atoms with E-state index in [-0.39, 0.29) is 12.0 Å². The van der Waals surface area contributed by atoms with Gasteiger partial charge in [0.15, 0.2) is 0 Å². The van der Waals surface area contributed by atoms with Crippen molar-refractivity contribution in [3.05, 3.63) is 51.8 Å². The number of benzene rings is 1. The molecule has 0 bridgehead atoms. The smallest absolute Gasteiger partial charge is 0.206 e. The summed E-state index contributed by atoms with van der Waals surface area (Å²) in [5.74, 6) is 0.287.